The van der Waals surface area contributed by atoms with Gasteiger partial charge in [-0.15, -0.1) is 0 Å². The van der Waals surface area contributed by atoms with Gasteiger partial charge in [-0.3, -0.25) is 0 Å². The number of nitrogens with one attached hydrogen (secondary N) is 1. The van der Waals surface area contributed by atoms with E-state index in [9.17, 15) is 4.79 Å². The molecule has 1 N–H and O–H groups in total. The maximum absolute atomic E-state index is 11.0. The zero-order chi connectivity index (χ0) is 10.3. The van der Waals surface area contributed by atoms with E-state index in [1.165, 1.54) is 0 Å². The van der Waals surface area contributed by atoms with Gasteiger partial charge in [0.2, 0.25) is 0 Å². The Hall–Kier alpha value is -1.06. The summed E-state index contributed by atoms with van der Waals surface area (Å²) >= 11 is 0. The molecule has 4 nitrogen and oxygen atoms in total. The zero-order valence-electron chi connectivity index (χ0n) is 8.76. The summed E-state index contributed by atoms with van der Waals surface area (Å²) < 4.78 is 4.95. The molecule has 0 rings (SSSR count). The Balaban J connectivity index is 3.64. The van der Waals surface area contributed by atoms with Crippen LogP contribution in [0.4, 0.5) is 4.79 Å². The lowest BCUT2D eigenvalue weighted by Gasteiger charge is -2.18. The number of hydrogen-bond donors (Lipinski definition) is 1. The Kier molecular flexibility index (Phi) is 5.11. The summed E-state index contributed by atoms with van der Waals surface area (Å²) in [5.41, 5.74) is 1.81. The summed E-state index contributed by atoms with van der Waals surface area (Å²) in [5, 5.41) is 3.70. The predicted octanol–water partition coefficient (Wildman–Crippen LogP) is 2.30. The van der Waals surface area contributed by atoms with Gasteiger partial charge in [0, 0.05) is 6.21 Å². The van der Waals surface area contributed by atoms with Crippen molar-refractivity contribution in [2.75, 3.05) is 0 Å². The van der Waals surface area contributed by atoms with Crippen LogP contribution in [-0.4, -0.2) is 17.9 Å². The average molecular weight is 186 g/mol. The van der Waals surface area contributed by atoms with Crippen molar-refractivity contribution >= 4 is 12.3 Å². The Bertz CT molecular complexity index is 183. The van der Waals surface area contributed by atoms with E-state index >= 15 is 0 Å². The number of hydrazone groups is 1. The molecular formula is C9H18N2O2. The second-order valence-corrected chi connectivity index (χ2v) is 3.71. The van der Waals surface area contributed by atoms with Crippen molar-refractivity contribution in [1.82, 2.24) is 5.43 Å². The first-order chi connectivity index (χ1) is 5.95. The van der Waals surface area contributed by atoms with Gasteiger partial charge < -0.3 is 4.74 Å². The van der Waals surface area contributed by atoms with Crippen LogP contribution in [0, 0.1) is 0 Å². The fourth-order valence-corrected chi connectivity index (χ4v) is 0.593. The van der Waals surface area contributed by atoms with Gasteiger partial charge in [0.05, 0.1) is 0 Å². The summed E-state index contributed by atoms with van der Waals surface area (Å²) in [5.74, 6) is 0. The summed E-state index contributed by atoms with van der Waals surface area (Å²) in [7, 11) is 0. The molecule has 0 aliphatic heterocycles. The van der Waals surface area contributed by atoms with Crippen LogP contribution in [0.5, 0.6) is 0 Å². The lowest BCUT2D eigenvalue weighted by molar-refractivity contribution is 0.0529. The SMILES string of the molecule is CCC/C=N\NC(=O)OC(C)(C)C. The molecule has 0 bridgehead atoms. The molecule has 4 heteroatoms. The van der Waals surface area contributed by atoms with Crippen LogP contribution in [0.3, 0.4) is 0 Å². The molecule has 1 amide bonds. The van der Waals surface area contributed by atoms with Crippen molar-refractivity contribution in [1.29, 1.82) is 0 Å². The molecule has 0 saturated heterocycles. The topological polar surface area (TPSA) is 50.7 Å². The number of carbonyl (C=O) groups is 1. The molecular weight excluding hydrogens is 168 g/mol. The van der Waals surface area contributed by atoms with Crippen LogP contribution in [0.2, 0.25) is 0 Å². The predicted molar refractivity (Wildman–Crippen MR) is 52.8 cm³/mol. The fourth-order valence-electron chi connectivity index (χ4n) is 0.593. The number of amides is 1. The third-order valence-corrected chi connectivity index (χ3v) is 1.06. The van der Waals surface area contributed by atoms with E-state index in [-0.39, 0.29) is 0 Å². The number of ether oxygens (including phenoxy) is 1. The van der Waals surface area contributed by atoms with E-state index < -0.39 is 11.7 Å². The molecule has 0 aromatic rings. The highest BCUT2D eigenvalue weighted by molar-refractivity contribution is 5.69. The van der Waals surface area contributed by atoms with Gasteiger partial charge in [-0.25, -0.2) is 10.2 Å². The van der Waals surface area contributed by atoms with E-state index in [0.29, 0.717) is 0 Å². The molecule has 0 aliphatic rings. The highest BCUT2D eigenvalue weighted by Gasteiger charge is 2.14. The monoisotopic (exact) mass is 186 g/mol. The number of carbonyl (C=O) groups excluding carboxylic acids is 1. The van der Waals surface area contributed by atoms with Gasteiger partial charge >= 0.3 is 6.09 Å². The Morgan fingerprint density at radius 2 is 2.15 bits per heavy atom. The molecule has 0 aromatic carbocycles. The smallest absolute Gasteiger partial charge is 0.428 e. The van der Waals surface area contributed by atoms with Crippen molar-refractivity contribution in [3.63, 3.8) is 0 Å². The molecule has 0 fully saturated rings. The van der Waals surface area contributed by atoms with Gasteiger partial charge in [0.15, 0.2) is 0 Å². The molecule has 0 spiro atoms. The first kappa shape index (κ1) is 11.9. The van der Waals surface area contributed by atoms with E-state index in [2.05, 4.69) is 10.5 Å². The largest absolute Gasteiger partial charge is 0.443 e. The summed E-state index contributed by atoms with van der Waals surface area (Å²) in [6.07, 6.45) is 3.01. The van der Waals surface area contributed by atoms with Crippen LogP contribution in [-0.2, 0) is 4.74 Å². The average Bonchev–Trinajstić information content (AvgIpc) is 1.94. The maximum atomic E-state index is 11.0. The first-order valence-corrected chi connectivity index (χ1v) is 4.46. The number of unbranched alkanes of at least 4 members (excludes halogenated alkanes) is 1. The van der Waals surface area contributed by atoms with Crippen LogP contribution in [0.1, 0.15) is 40.5 Å². The third-order valence-electron chi connectivity index (χ3n) is 1.06. The molecule has 0 aliphatic carbocycles. The van der Waals surface area contributed by atoms with Crippen molar-refractivity contribution in [3.8, 4) is 0 Å². The van der Waals surface area contributed by atoms with E-state index in [4.69, 9.17) is 4.74 Å². The van der Waals surface area contributed by atoms with E-state index in [1.807, 2.05) is 27.7 Å². The van der Waals surface area contributed by atoms with Gasteiger partial charge in [0.25, 0.3) is 0 Å². The molecule has 76 valence electrons. The van der Waals surface area contributed by atoms with E-state index in [1.54, 1.807) is 6.21 Å². The van der Waals surface area contributed by atoms with E-state index in [0.717, 1.165) is 12.8 Å². The second-order valence-electron chi connectivity index (χ2n) is 3.71. The fraction of sp³-hybridized carbons (Fsp3) is 0.778. The highest BCUT2D eigenvalue weighted by Crippen LogP contribution is 2.05. The summed E-state index contributed by atoms with van der Waals surface area (Å²) in [6, 6.07) is 0. The second kappa shape index (κ2) is 5.56. The standard InChI is InChI=1S/C9H18N2O2/c1-5-6-7-10-11-8(12)13-9(2,3)4/h7H,5-6H2,1-4H3,(H,11,12)/b10-7-. The minimum Gasteiger partial charge on any atom is -0.443 e. The Morgan fingerprint density at radius 3 is 2.62 bits per heavy atom. The van der Waals surface area contributed by atoms with Crippen LogP contribution >= 0.6 is 0 Å². The first-order valence-electron chi connectivity index (χ1n) is 4.46. The van der Waals surface area contributed by atoms with Gasteiger partial charge in [-0.1, -0.05) is 13.3 Å². The highest BCUT2D eigenvalue weighted by atomic mass is 16.6. The number of hydrogen-bond acceptors (Lipinski definition) is 3. The number of nitrogens with zero attached hydrogens (tertiary/aromatic N) is 1. The van der Waals surface area contributed by atoms with Gasteiger partial charge in [-0.2, -0.15) is 5.10 Å². The molecule has 0 unspecified atom stereocenters. The quantitative estimate of drug-likeness (QED) is 0.543. The van der Waals surface area contributed by atoms with Crippen LogP contribution < -0.4 is 5.43 Å². The van der Waals surface area contributed by atoms with Crippen LogP contribution in [0.15, 0.2) is 5.10 Å². The van der Waals surface area contributed by atoms with Gasteiger partial charge in [-0.05, 0) is 27.2 Å². The Labute approximate surface area is 79.3 Å². The molecule has 0 aromatic heterocycles. The molecule has 13 heavy (non-hydrogen) atoms. The normalized spacial score (nSPS) is 11.7. The maximum Gasteiger partial charge on any atom is 0.428 e. The number of rotatable bonds is 3. The molecule has 0 heterocycles. The lowest BCUT2D eigenvalue weighted by Crippen LogP contribution is -2.29. The Morgan fingerprint density at radius 1 is 1.54 bits per heavy atom. The van der Waals surface area contributed by atoms with Crippen LogP contribution in [0.25, 0.3) is 0 Å². The van der Waals surface area contributed by atoms with Crippen molar-refractivity contribution < 1.29 is 9.53 Å². The summed E-state index contributed by atoms with van der Waals surface area (Å²) in [4.78, 5) is 11.0. The van der Waals surface area contributed by atoms with Crippen molar-refractivity contribution in [2.24, 2.45) is 5.10 Å². The zero-order valence-corrected chi connectivity index (χ0v) is 8.76. The summed E-state index contributed by atoms with van der Waals surface area (Å²) in [6.45, 7) is 7.46. The minimum absolute atomic E-state index is 0.468. The van der Waals surface area contributed by atoms with Crippen molar-refractivity contribution in [2.45, 2.75) is 46.1 Å². The minimum atomic E-state index is -0.514. The van der Waals surface area contributed by atoms with Crippen molar-refractivity contribution in [3.05, 3.63) is 0 Å². The third kappa shape index (κ3) is 8.85. The lowest BCUT2D eigenvalue weighted by atomic mass is 10.2. The molecule has 0 radical (unpaired) electrons. The molecule has 0 atom stereocenters. The van der Waals surface area contributed by atoms with Gasteiger partial charge in [0.1, 0.15) is 5.60 Å². The molecule has 0 saturated carbocycles.